The molecule has 1 rings (SSSR count). The smallest absolute Gasteiger partial charge is 0.326 e. The third kappa shape index (κ3) is 33.4. The van der Waals surface area contributed by atoms with Crippen molar-refractivity contribution >= 4 is 41.9 Å². The summed E-state index contributed by atoms with van der Waals surface area (Å²) < 4.78 is 21.3. The van der Waals surface area contributed by atoms with Crippen LogP contribution in [0.5, 0.6) is 0 Å². The minimum Gasteiger partial charge on any atom is -0.481 e. The molecule has 60 heavy (non-hydrogen) atoms. The van der Waals surface area contributed by atoms with Crippen molar-refractivity contribution in [2.45, 2.75) is 128 Å². The van der Waals surface area contributed by atoms with E-state index in [1.807, 2.05) is 0 Å². The van der Waals surface area contributed by atoms with Gasteiger partial charge in [-0.05, 0) is 24.8 Å². The Labute approximate surface area is 357 Å². The predicted molar refractivity (Wildman–Crippen MR) is 228 cm³/mol. The third-order valence-electron chi connectivity index (χ3n) is 9.29. The number of carbonyl (C=O) groups is 7. The maximum absolute atomic E-state index is 12.3. The summed E-state index contributed by atoms with van der Waals surface area (Å²) in [5.41, 5.74) is 1.43. The molecule has 0 saturated carbocycles. The normalized spacial score (nSPS) is 11.4. The van der Waals surface area contributed by atoms with Gasteiger partial charge in [0.2, 0.25) is 23.6 Å². The average Bonchev–Trinajstić information content (AvgIpc) is 3.23. The Morgan fingerprint density at radius 2 is 0.983 bits per heavy atom. The van der Waals surface area contributed by atoms with Crippen molar-refractivity contribution in [1.82, 2.24) is 21.3 Å². The molecule has 0 aliphatic heterocycles. The van der Waals surface area contributed by atoms with Crippen molar-refractivity contribution in [2.75, 3.05) is 65.9 Å². The van der Waals surface area contributed by atoms with Crippen molar-refractivity contribution in [1.29, 1.82) is 0 Å². The molecule has 0 spiro atoms. The minimum absolute atomic E-state index is 0. The number of nitrogens with one attached hydrogen (secondary N) is 4. The molecule has 0 saturated heterocycles. The average molecular weight is 855 g/mol. The highest BCUT2D eigenvalue weighted by molar-refractivity contribution is 5.84. The first-order valence-corrected chi connectivity index (χ1v) is 21.5. The van der Waals surface area contributed by atoms with E-state index < -0.39 is 18.0 Å². The predicted octanol–water partition coefficient (Wildman–Crippen LogP) is 4.58. The van der Waals surface area contributed by atoms with Crippen LogP contribution in [-0.4, -0.2) is 124 Å². The quantitative estimate of drug-likeness (QED) is 0.0391. The first-order valence-electron chi connectivity index (χ1n) is 21.5. The number of carbonyl (C=O) groups excluding carboxylic acids is 5. The highest BCUT2D eigenvalue weighted by atomic mass is 16.5. The lowest BCUT2D eigenvalue weighted by Crippen LogP contribution is -2.41. The number of hydrogen-bond donors (Lipinski definition) is 6. The Morgan fingerprint density at radius 3 is 1.47 bits per heavy atom. The van der Waals surface area contributed by atoms with E-state index in [9.17, 15) is 38.7 Å². The Hall–Kier alpha value is -4.45. The van der Waals surface area contributed by atoms with Crippen LogP contribution < -0.4 is 21.3 Å². The number of amides is 4. The Morgan fingerprint density at radius 1 is 0.533 bits per heavy atom. The summed E-state index contributed by atoms with van der Waals surface area (Å²) >= 11 is 0. The second kappa shape index (κ2) is 37.5. The summed E-state index contributed by atoms with van der Waals surface area (Å²) in [6.45, 7) is 1.80. The van der Waals surface area contributed by atoms with Gasteiger partial charge in [0.15, 0.2) is 0 Å². The van der Waals surface area contributed by atoms with E-state index >= 15 is 0 Å². The first kappa shape index (κ1) is 53.6. The molecule has 17 nitrogen and oxygen atoms in total. The number of benzene rings is 1. The highest BCUT2D eigenvalue weighted by Crippen LogP contribution is 2.14. The fourth-order valence-electron chi connectivity index (χ4n) is 5.88. The SMILES string of the molecule is O=Cc1ccc(CNC(=O)COCCOCCNC(=O)COCCOCCNC(=O)CC[C@H](NC(=O)CCCCCCCCCCCCCCCCC(=O)O)C(=O)O)cc1.[HH].[HH]. The highest BCUT2D eigenvalue weighted by Gasteiger charge is 2.20. The van der Waals surface area contributed by atoms with E-state index in [4.69, 9.17) is 24.1 Å². The molecule has 0 radical (unpaired) electrons. The summed E-state index contributed by atoms with van der Waals surface area (Å²) in [5.74, 6) is -3.19. The zero-order chi connectivity index (χ0) is 43.9. The first-order chi connectivity index (χ1) is 29.1. The van der Waals surface area contributed by atoms with Gasteiger partial charge < -0.3 is 50.4 Å². The number of hydrogen-bond acceptors (Lipinski definition) is 11. The van der Waals surface area contributed by atoms with Crippen LogP contribution in [0.25, 0.3) is 0 Å². The minimum atomic E-state index is -1.18. The maximum atomic E-state index is 12.3. The molecule has 1 aromatic carbocycles. The Bertz CT molecular complexity index is 1360. The lowest BCUT2D eigenvalue weighted by molar-refractivity contribution is -0.142. The second-order valence-electron chi connectivity index (χ2n) is 14.5. The monoisotopic (exact) mass is 855 g/mol. The van der Waals surface area contributed by atoms with E-state index in [1.165, 1.54) is 44.9 Å². The van der Waals surface area contributed by atoms with Crippen LogP contribution in [-0.2, 0) is 54.3 Å². The summed E-state index contributed by atoms with van der Waals surface area (Å²) in [6.07, 6.45) is 16.2. The van der Waals surface area contributed by atoms with E-state index in [1.54, 1.807) is 24.3 Å². The lowest BCUT2D eigenvalue weighted by atomic mass is 10.0. The Balaban J connectivity index is 0. The number of unbranched alkanes of at least 4 members (excludes halogenated alkanes) is 13. The van der Waals surface area contributed by atoms with Crippen LogP contribution in [0.4, 0.5) is 0 Å². The van der Waals surface area contributed by atoms with Crippen LogP contribution in [0.3, 0.4) is 0 Å². The van der Waals surface area contributed by atoms with Gasteiger partial charge in [0.05, 0.1) is 39.6 Å². The second-order valence-corrected chi connectivity index (χ2v) is 14.5. The fraction of sp³-hybridized carbons (Fsp3) is 0.698. The van der Waals surface area contributed by atoms with Gasteiger partial charge in [-0.25, -0.2) is 4.79 Å². The van der Waals surface area contributed by atoms with Gasteiger partial charge in [0.1, 0.15) is 25.5 Å². The molecule has 17 heteroatoms. The van der Waals surface area contributed by atoms with Crippen molar-refractivity contribution in [2.24, 2.45) is 0 Å². The molecule has 0 bridgehead atoms. The number of carboxylic acid groups (broad SMARTS) is 2. The van der Waals surface area contributed by atoms with E-state index in [-0.39, 0.29) is 118 Å². The van der Waals surface area contributed by atoms with Crippen LogP contribution in [0.1, 0.15) is 134 Å². The van der Waals surface area contributed by atoms with Gasteiger partial charge in [-0.3, -0.25) is 28.8 Å². The van der Waals surface area contributed by atoms with Gasteiger partial charge in [-0.2, -0.15) is 0 Å². The van der Waals surface area contributed by atoms with Gasteiger partial charge in [0.25, 0.3) is 0 Å². The summed E-state index contributed by atoms with van der Waals surface area (Å²) in [5, 5.41) is 28.7. The summed E-state index contributed by atoms with van der Waals surface area (Å²) in [4.78, 5) is 81.1. The molecule has 4 amide bonds. The van der Waals surface area contributed by atoms with Gasteiger partial charge in [0, 0.05) is 47.3 Å². The zero-order valence-electron chi connectivity index (χ0n) is 35.4. The number of ether oxygens (including phenoxy) is 4. The van der Waals surface area contributed by atoms with Crippen LogP contribution in [0.15, 0.2) is 24.3 Å². The molecular weight excluding hydrogens is 780 g/mol. The van der Waals surface area contributed by atoms with Crippen molar-refractivity contribution in [3.63, 3.8) is 0 Å². The molecule has 0 fully saturated rings. The van der Waals surface area contributed by atoms with Gasteiger partial charge in [-0.15, -0.1) is 0 Å². The molecule has 344 valence electrons. The van der Waals surface area contributed by atoms with Gasteiger partial charge >= 0.3 is 11.9 Å². The number of aldehydes is 1. The lowest BCUT2D eigenvalue weighted by Gasteiger charge is -2.14. The molecular formula is C43H74N4O13. The van der Waals surface area contributed by atoms with Crippen molar-refractivity contribution in [3.8, 4) is 0 Å². The molecule has 0 aliphatic rings. The van der Waals surface area contributed by atoms with E-state index in [0.717, 1.165) is 50.4 Å². The third-order valence-corrected chi connectivity index (χ3v) is 9.29. The summed E-state index contributed by atoms with van der Waals surface area (Å²) in [7, 11) is 0. The standard InChI is InChI=1S/C43H70N4O13.2H2/c48-32-36-19-17-35(18-20-36)31-46-41(52)34-60-30-28-58-26-24-45-40(51)33-59-29-27-57-25-23-44-38(49)22-21-37(43(55)56)47-39(50)15-13-11-9-7-5-3-1-2-4-6-8-10-12-14-16-42(53)54;;/h17-20,32,37H,1-16,21-31,33-34H2,(H,44,49)(H,45,51)(H,46,52)(H,47,50)(H,53,54)(H,55,56);2*1H/t37-;;/m0../s1. The molecule has 6 N–H and O–H groups in total. The largest absolute Gasteiger partial charge is 0.481 e. The Kier molecular flexibility index (Phi) is 33.5. The van der Waals surface area contributed by atoms with Crippen molar-refractivity contribution in [3.05, 3.63) is 35.4 Å². The maximum Gasteiger partial charge on any atom is 0.326 e. The van der Waals surface area contributed by atoms with Crippen LogP contribution >= 0.6 is 0 Å². The number of aliphatic carboxylic acids is 2. The van der Waals surface area contributed by atoms with Crippen molar-refractivity contribution < 1.29 is 65.6 Å². The van der Waals surface area contributed by atoms with E-state index in [0.29, 0.717) is 18.5 Å². The topological polar surface area (TPSA) is 245 Å². The van der Waals surface area contributed by atoms with Gasteiger partial charge in [-0.1, -0.05) is 101 Å². The fourth-order valence-corrected chi connectivity index (χ4v) is 5.88. The molecule has 0 aromatic heterocycles. The number of rotatable bonds is 41. The van der Waals surface area contributed by atoms with E-state index in [2.05, 4.69) is 21.3 Å². The number of carboxylic acids is 2. The molecule has 0 heterocycles. The zero-order valence-corrected chi connectivity index (χ0v) is 35.4. The van der Waals surface area contributed by atoms with Crippen LogP contribution in [0, 0.1) is 0 Å². The molecule has 0 unspecified atom stereocenters. The molecule has 0 aliphatic carbocycles. The molecule has 1 atom stereocenters. The summed E-state index contributed by atoms with van der Waals surface area (Å²) in [6, 6.07) is 5.73. The van der Waals surface area contributed by atoms with Crippen LogP contribution in [0.2, 0.25) is 0 Å². The molecule has 1 aromatic rings.